The molecule has 0 bridgehead atoms. The van der Waals surface area contributed by atoms with E-state index in [0.717, 1.165) is 17.9 Å². The van der Waals surface area contributed by atoms with Crippen LogP contribution in [-0.2, 0) is 17.9 Å². The Kier molecular flexibility index (Phi) is 4.56. The minimum Gasteiger partial charge on any atom is -0.468 e. The summed E-state index contributed by atoms with van der Waals surface area (Å²) in [4.78, 5) is 0. The lowest BCUT2D eigenvalue weighted by molar-refractivity contribution is 0.0646. The zero-order valence-corrected chi connectivity index (χ0v) is 11.0. The van der Waals surface area contributed by atoms with E-state index in [1.807, 2.05) is 19.9 Å². The van der Waals surface area contributed by atoms with Gasteiger partial charge in [0.1, 0.15) is 5.76 Å². The van der Waals surface area contributed by atoms with Gasteiger partial charge in [0.25, 0.3) is 0 Å². The SMILES string of the molecule is CC(C)OCc1ccoc1CNC(C)(C)C. The van der Waals surface area contributed by atoms with Gasteiger partial charge in [-0.3, -0.25) is 0 Å². The van der Waals surface area contributed by atoms with Crippen LogP contribution in [0.4, 0.5) is 0 Å². The van der Waals surface area contributed by atoms with E-state index in [9.17, 15) is 0 Å². The van der Waals surface area contributed by atoms with Crippen LogP contribution in [0.3, 0.4) is 0 Å². The van der Waals surface area contributed by atoms with Crippen LogP contribution in [-0.4, -0.2) is 11.6 Å². The second-order valence-electron chi connectivity index (χ2n) is 5.33. The predicted octanol–water partition coefficient (Wildman–Crippen LogP) is 3.09. The molecule has 1 N–H and O–H groups in total. The van der Waals surface area contributed by atoms with Crippen LogP contribution in [0.2, 0.25) is 0 Å². The molecule has 0 saturated carbocycles. The summed E-state index contributed by atoms with van der Waals surface area (Å²) in [6, 6.07) is 1.97. The summed E-state index contributed by atoms with van der Waals surface area (Å²) in [6.07, 6.45) is 1.97. The molecule has 0 saturated heterocycles. The van der Waals surface area contributed by atoms with E-state index in [1.165, 1.54) is 0 Å². The van der Waals surface area contributed by atoms with Crippen LogP contribution in [0, 0.1) is 0 Å². The minimum atomic E-state index is 0.100. The third-order valence-corrected chi connectivity index (χ3v) is 2.19. The molecule has 0 fully saturated rings. The number of ether oxygens (including phenoxy) is 1. The first-order valence-corrected chi connectivity index (χ1v) is 5.80. The summed E-state index contributed by atoms with van der Waals surface area (Å²) in [7, 11) is 0. The van der Waals surface area contributed by atoms with Gasteiger partial charge in [-0.25, -0.2) is 0 Å². The molecule has 92 valence electrons. The van der Waals surface area contributed by atoms with Crippen molar-refractivity contribution in [1.82, 2.24) is 5.32 Å². The molecule has 1 rings (SSSR count). The van der Waals surface area contributed by atoms with Gasteiger partial charge in [0.15, 0.2) is 0 Å². The van der Waals surface area contributed by atoms with Crippen molar-refractivity contribution in [2.24, 2.45) is 0 Å². The van der Waals surface area contributed by atoms with Crippen molar-refractivity contribution in [1.29, 1.82) is 0 Å². The Hall–Kier alpha value is -0.800. The summed E-state index contributed by atoms with van der Waals surface area (Å²) < 4.78 is 11.0. The van der Waals surface area contributed by atoms with Crippen LogP contribution < -0.4 is 5.32 Å². The fourth-order valence-electron chi connectivity index (χ4n) is 1.25. The molecule has 0 aromatic carbocycles. The van der Waals surface area contributed by atoms with Crippen LogP contribution in [0.25, 0.3) is 0 Å². The van der Waals surface area contributed by atoms with E-state index in [0.29, 0.717) is 6.61 Å². The molecule has 1 heterocycles. The van der Waals surface area contributed by atoms with E-state index >= 15 is 0 Å². The third kappa shape index (κ3) is 4.81. The highest BCUT2D eigenvalue weighted by atomic mass is 16.5. The van der Waals surface area contributed by atoms with Gasteiger partial charge in [0.05, 0.1) is 25.5 Å². The van der Waals surface area contributed by atoms with Crippen LogP contribution in [0.15, 0.2) is 16.7 Å². The summed E-state index contributed by atoms with van der Waals surface area (Å²) in [5, 5.41) is 3.40. The van der Waals surface area contributed by atoms with Gasteiger partial charge in [-0.1, -0.05) is 0 Å². The molecule has 0 aliphatic heterocycles. The fourth-order valence-corrected chi connectivity index (χ4v) is 1.25. The molecule has 1 aromatic heterocycles. The average molecular weight is 225 g/mol. The zero-order valence-electron chi connectivity index (χ0n) is 11.0. The molecular weight excluding hydrogens is 202 g/mol. The maximum absolute atomic E-state index is 5.57. The van der Waals surface area contributed by atoms with Gasteiger partial charge in [0.2, 0.25) is 0 Å². The van der Waals surface area contributed by atoms with E-state index in [1.54, 1.807) is 6.26 Å². The van der Waals surface area contributed by atoms with Gasteiger partial charge in [-0.15, -0.1) is 0 Å². The molecule has 0 unspecified atom stereocenters. The Balaban J connectivity index is 2.50. The Morgan fingerprint density at radius 1 is 1.38 bits per heavy atom. The van der Waals surface area contributed by atoms with Gasteiger partial charge < -0.3 is 14.5 Å². The molecule has 1 aromatic rings. The second kappa shape index (κ2) is 5.51. The Bertz CT molecular complexity index is 310. The van der Waals surface area contributed by atoms with Crippen molar-refractivity contribution in [3.05, 3.63) is 23.7 Å². The quantitative estimate of drug-likeness (QED) is 0.836. The van der Waals surface area contributed by atoms with Crippen LogP contribution in [0.5, 0.6) is 0 Å². The molecule has 0 atom stereocenters. The zero-order chi connectivity index (χ0) is 12.2. The van der Waals surface area contributed by atoms with Crippen molar-refractivity contribution in [2.75, 3.05) is 0 Å². The third-order valence-electron chi connectivity index (χ3n) is 2.19. The normalized spacial score (nSPS) is 12.4. The number of rotatable bonds is 5. The first-order valence-electron chi connectivity index (χ1n) is 5.80. The maximum atomic E-state index is 5.57. The highest BCUT2D eigenvalue weighted by Gasteiger charge is 2.12. The van der Waals surface area contributed by atoms with E-state index in [2.05, 4.69) is 26.1 Å². The van der Waals surface area contributed by atoms with E-state index in [4.69, 9.17) is 9.15 Å². The smallest absolute Gasteiger partial charge is 0.123 e. The summed E-state index contributed by atoms with van der Waals surface area (Å²) in [5.74, 6) is 0.968. The molecule has 3 nitrogen and oxygen atoms in total. The lowest BCUT2D eigenvalue weighted by atomic mass is 10.1. The molecule has 3 heteroatoms. The van der Waals surface area contributed by atoms with Crippen molar-refractivity contribution in [3.63, 3.8) is 0 Å². The summed E-state index contributed by atoms with van der Waals surface area (Å²) >= 11 is 0. The summed E-state index contributed by atoms with van der Waals surface area (Å²) in [6.45, 7) is 11.9. The lowest BCUT2D eigenvalue weighted by Crippen LogP contribution is -2.35. The minimum absolute atomic E-state index is 0.100. The molecule has 0 amide bonds. The number of hydrogen-bond acceptors (Lipinski definition) is 3. The van der Waals surface area contributed by atoms with E-state index < -0.39 is 0 Å². The topological polar surface area (TPSA) is 34.4 Å². The number of furan rings is 1. The van der Waals surface area contributed by atoms with E-state index in [-0.39, 0.29) is 11.6 Å². The molecule has 0 aliphatic carbocycles. The number of hydrogen-bond donors (Lipinski definition) is 1. The highest BCUT2D eigenvalue weighted by molar-refractivity contribution is 5.16. The molecule has 0 spiro atoms. The monoisotopic (exact) mass is 225 g/mol. The Morgan fingerprint density at radius 3 is 2.62 bits per heavy atom. The first-order chi connectivity index (χ1) is 7.38. The highest BCUT2D eigenvalue weighted by Crippen LogP contribution is 2.14. The van der Waals surface area contributed by atoms with Crippen molar-refractivity contribution in [3.8, 4) is 0 Å². The predicted molar refractivity (Wildman–Crippen MR) is 65.2 cm³/mol. The molecule has 0 aliphatic rings. The first kappa shape index (κ1) is 13.3. The number of nitrogens with one attached hydrogen (secondary N) is 1. The fraction of sp³-hybridized carbons (Fsp3) is 0.692. The van der Waals surface area contributed by atoms with Gasteiger partial charge in [-0.2, -0.15) is 0 Å². The molecular formula is C13H23NO2. The largest absolute Gasteiger partial charge is 0.468 e. The summed E-state index contributed by atoms with van der Waals surface area (Å²) in [5.41, 5.74) is 1.23. The van der Waals surface area contributed by atoms with Gasteiger partial charge in [0, 0.05) is 11.1 Å². The van der Waals surface area contributed by atoms with Gasteiger partial charge in [-0.05, 0) is 40.7 Å². The Morgan fingerprint density at radius 2 is 2.06 bits per heavy atom. The second-order valence-corrected chi connectivity index (χ2v) is 5.33. The van der Waals surface area contributed by atoms with Crippen molar-refractivity contribution < 1.29 is 9.15 Å². The average Bonchev–Trinajstić information content (AvgIpc) is 2.57. The van der Waals surface area contributed by atoms with Crippen molar-refractivity contribution in [2.45, 2.75) is 59.4 Å². The lowest BCUT2D eigenvalue weighted by Gasteiger charge is -2.20. The Labute approximate surface area is 98.2 Å². The van der Waals surface area contributed by atoms with Crippen LogP contribution in [0.1, 0.15) is 45.9 Å². The van der Waals surface area contributed by atoms with Crippen molar-refractivity contribution >= 4 is 0 Å². The van der Waals surface area contributed by atoms with Gasteiger partial charge >= 0.3 is 0 Å². The molecule has 16 heavy (non-hydrogen) atoms. The standard InChI is InChI=1S/C13H23NO2/c1-10(2)16-9-11-6-7-15-12(11)8-14-13(3,4)5/h6-7,10,14H,8-9H2,1-5H3. The van der Waals surface area contributed by atoms with Crippen LogP contribution >= 0.6 is 0 Å². The maximum Gasteiger partial charge on any atom is 0.123 e. The molecule has 0 radical (unpaired) electrons.